The van der Waals surface area contributed by atoms with Crippen LogP contribution in [0.5, 0.6) is 23.0 Å². The molecule has 0 radical (unpaired) electrons. The van der Waals surface area contributed by atoms with Crippen molar-refractivity contribution in [2.75, 3.05) is 6.61 Å². The lowest BCUT2D eigenvalue weighted by atomic mass is 9.83. The Morgan fingerprint density at radius 1 is 0.956 bits per heavy atom. The number of rotatable bonds is 8. The summed E-state index contributed by atoms with van der Waals surface area (Å²) in [6.07, 6.45) is 0. The van der Waals surface area contributed by atoms with Crippen LogP contribution in [0.1, 0.15) is 45.7 Å². The molecule has 0 amide bonds. The number of carbonyl (C=O) groups excluding carboxylic acids is 1. The number of hydrogen-bond acceptors (Lipinski definition) is 8. The lowest BCUT2D eigenvalue weighted by Gasteiger charge is -2.27. The van der Waals surface area contributed by atoms with Crippen molar-refractivity contribution in [3.63, 3.8) is 0 Å². The Bertz CT molecular complexity index is 2010. The smallest absolute Gasteiger partial charge is 0.379 e. The third kappa shape index (κ3) is 5.76. The number of ether oxygens (including phenoxy) is 4. The zero-order chi connectivity index (χ0) is 31.7. The van der Waals surface area contributed by atoms with Crippen molar-refractivity contribution in [2.45, 2.75) is 26.4 Å². The number of nitriles is 1. The molecule has 5 aromatic rings. The first kappa shape index (κ1) is 29.3. The van der Waals surface area contributed by atoms with Gasteiger partial charge in [-0.25, -0.2) is 13.6 Å². The van der Waals surface area contributed by atoms with Crippen molar-refractivity contribution < 1.29 is 36.9 Å². The van der Waals surface area contributed by atoms with Gasteiger partial charge in [-0.3, -0.25) is 0 Å². The van der Waals surface area contributed by atoms with Gasteiger partial charge in [0.15, 0.2) is 11.5 Å². The molecule has 1 unspecified atom stereocenters. The molecule has 4 aromatic carbocycles. The molecule has 10 heteroatoms. The minimum atomic E-state index is -0.768. The molecule has 0 spiro atoms. The molecular weight excluding hydrogens is 582 g/mol. The number of fused-ring (bicyclic) bond motifs is 2. The second kappa shape index (κ2) is 12.1. The number of halogens is 2. The SMILES string of the molecule is CCOc1cc(C2C(C#N)=C(N)Oc3cc(OC(=O)c4oc5ccc(F)cc5c4C)ccc32)ccc1OCc1ccc(F)cc1. The second-order valence-electron chi connectivity index (χ2n) is 10.3. The van der Waals surface area contributed by atoms with Crippen LogP contribution in [0, 0.1) is 29.9 Å². The van der Waals surface area contributed by atoms with E-state index in [1.54, 1.807) is 49.4 Å². The Hall–Kier alpha value is -5.82. The number of aryl methyl sites for hydroxylation is 1. The van der Waals surface area contributed by atoms with E-state index in [1.807, 2.05) is 6.92 Å². The van der Waals surface area contributed by atoms with Crippen LogP contribution in [0.15, 0.2) is 94.7 Å². The third-order valence-electron chi connectivity index (χ3n) is 7.39. The maximum atomic E-state index is 13.7. The van der Waals surface area contributed by atoms with E-state index in [4.69, 9.17) is 29.1 Å². The molecule has 1 aromatic heterocycles. The normalized spacial score (nSPS) is 14.0. The van der Waals surface area contributed by atoms with Crippen molar-refractivity contribution in [3.05, 3.63) is 130 Å². The predicted molar refractivity (Wildman–Crippen MR) is 160 cm³/mol. The molecule has 226 valence electrons. The number of carbonyl (C=O) groups is 1. The topological polar surface area (TPSA) is 117 Å². The van der Waals surface area contributed by atoms with Gasteiger partial charge in [-0.05, 0) is 73.5 Å². The fourth-order valence-corrected chi connectivity index (χ4v) is 5.22. The summed E-state index contributed by atoms with van der Waals surface area (Å²) in [5.74, 6) is -0.957. The highest BCUT2D eigenvalue weighted by Gasteiger charge is 2.32. The monoisotopic (exact) mass is 608 g/mol. The van der Waals surface area contributed by atoms with Gasteiger partial charge in [0.05, 0.1) is 12.5 Å². The van der Waals surface area contributed by atoms with Gasteiger partial charge in [0.1, 0.15) is 47.0 Å². The molecular formula is C35H26F2N2O6. The maximum Gasteiger partial charge on any atom is 0.379 e. The molecule has 0 bridgehead atoms. The molecule has 0 saturated carbocycles. The zero-order valence-electron chi connectivity index (χ0n) is 24.2. The van der Waals surface area contributed by atoms with Gasteiger partial charge in [0, 0.05) is 22.6 Å². The first-order chi connectivity index (χ1) is 21.7. The van der Waals surface area contributed by atoms with Crippen LogP contribution in [0.25, 0.3) is 11.0 Å². The van der Waals surface area contributed by atoms with Crippen molar-refractivity contribution >= 4 is 16.9 Å². The Kier molecular flexibility index (Phi) is 7.84. The second-order valence-corrected chi connectivity index (χ2v) is 10.3. The standard InChI is InChI=1S/C35H26F2N2O6/c1-3-41-31-14-21(6-12-29(31)42-18-20-4-7-22(36)8-5-20)32-25-11-10-24(16-30(25)45-34(39)27(32)17-38)43-35(40)33-19(2)26-15-23(37)9-13-28(26)44-33/h4-16,32H,3,18,39H2,1-2H3. The summed E-state index contributed by atoms with van der Waals surface area (Å²) in [5.41, 5.74) is 9.28. The van der Waals surface area contributed by atoms with E-state index < -0.39 is 17.7 Å². The number of furan rings is 1. The number of benzene rings is 4. The molecule has 0 fully saturated rings. The predicted octanol–water partition coefficient (Wildman–Crippen LogP) is 7.43. The Balaban J connectivity index is 1.29. The van der Waals surface area contributed by atoms with Gasteiger partial charge in [-0.1, -0.05) is 24.3 Å². The van der Waals surface area contributed by atoms with Crippen molar-refractivity contribution in [3.8, 4) is 29.1 Å². The van der Waals surface area contributed by atoms with Gasteiger partial charge in [-0.15, -0.1) is 0 Å². The first-order valence-corrected chi connectivity index (χ1v) is 14.0. The molecule has 0 aliphatic carbocycles. The first-order valence-electron chi connectivity index (χ1n) is 14.0. The van der Waals surface area contributed by atoms with Gasteiger partial charge < -0.3 is 29.1 Å². The minimum Gasteiger partial charge on any atom is -0.490 e. The van der Waals surface area contributed by atoms with E-state index in [2.05, 4.69) is 6.07 Å². The van der Waals surface area contributed by atoms with E-state index in [1.165, 1.54) is 36.4 Å². The molecule has 0 saturated heterocycles. The minimum absolute atomic E-state index is 0.0523. The lowest BCUT2D eigenvalue weighted by molar-refractivity contribution is 0.0702. The average molecular weight is 609 g/mol. The molecule has 6 rings (SSSR count). The van der Waals surface area contributed by atoms with Crippen LogP contribution < -0.4 is 24.7 Å². The summed E-state index contributed by atoms with van der Waals surface area (Å²) in [4.78, 5) is 13.0. The van der Waals surface area contributed by atoms with Gasteiger partial charge in [-0.2, -0.15) is 5.26 Å². The summed E-state index contributed by atoms with van der Waals surface area (Å²) in [5, 5.41) is 10.5. The Labute approximate surface area is 256 Å². The molecule has 1 aliphatic rings. The quantitative estimate of drug-likeness (QED) is 0.143. The zero-order valence-corrected chi connectivity index (χ0v) is 24.2. The maximum absolute atomic E-state index is 13.7. The average Bonchev–Trinajstić information content (AvgIpc) is 3.36. The summed E-state index contributed by atoms with van der Waals surface area (Å²) < 4.78 is 55.9. The highest BCUT2D eigenvalue weighted by atomic mass is 19.1. The number of esters is 1. The van der Waals surface area contributed by atoms with Crippen molar-refractivity contribution in [1.82, 2.24) is 0 Å². The summed E-state index contributed by atoms with van der Waals surface area (Å²) in [6, 6.07) is 22.2. The fraction of sp³-hybridized carbons (Fsp3) is 0.143. The number of nitrogens with zero attached hydrogens (tertiary/aromatic N) is 1. The summed E-state index contributed by atoms with van der Waals surface area (Å²) in [7, 11) is 0. The van der Waals surface area contributed by atoms with E-state index >= 15 is 0 Å². The highest BCUT2D eigenvalue weighted by molar-refractivity contribution is 5.96. The molecule has 1 atom stereocenters. The molecule has 45 heavy (non-hydrogen) atoms. The van der Waals surface area contributed by atoms with E-state index in [9.17, 15) is 18.8 Å². The van der Waals surface area contributed by atoms with Crippen LogP contribution in [0.4, 0.5) is 8.78 Å². The largest absolute Gasteiger partial charge is 0.490 e. The van der Waals surface area contributed by atoms with Gasteiger partial charge >= 0.3 is 5.97 Å². The van der Waals surface area contributed by atoms with Crippen LogP contribution in [0.2, 0.25) is 0 Å². The number of hydrogen-bond donors (Lipinski definition) is 1. The van der Waals surface area contributed by atoms with Gasteiger partial charge in [0.2, 0.25) is 11.6 Å². The van der Waals surface area contributed by atoms with E-state index in [0.29, 0.717) is 51.5 Å². The van der Waals surface area contributed by atoms with Crippen molar-refractivity contribution in [2.24, 2.45) is 5.73 Å². The Morgan fingerprint density at radius 3 is 2.49 bits per heavy atom. The van der Waals surface area contributed by atoms with Crippen LogP contribution >= 0.6 is 0 Å². The van der Waals surface area contributed by atoms with Crippen LogP contribution in [-0.4, -0.2) is 12.6 Å². The van der Waals surface area contributed by atoms with Crippen LogP contribution in [-0.2, 0) is 6.61 Å². The van der Waals surface area contributed by atoms with E-state index in [-0.39, 0.29) is 35.4 Å². The summed E-state index contributed by atoms with van der Waals surface area (Å²) >= 11 is 0. The van der Waals surface area contributed by atoms with Crippen LogP contribution in [0.3, 0.4) is 0 Å². The number of allylic oxidation sites excluding steroid dienone is 1. The van der Waals surface area contributed by atoms with E-state index in [0.717, 1.165) is 5.56 Å². The molecule has 2 N–H and O–H groups in total. The lowest BCUT2D eigenvalue weighted by Crippen LogP contribution is -2.21. The fourth-order valence-electron chi connectivity index (χ4n) is 5.22. The van der Waals surface area contributed by atoms with Crippen molar-refractivity contribution in [1.29, 1.82) is 5.26 Å². The molecule has 1 aliphatic heterocycles. The summed E-state index contributed by atoms with van der Waals surface area (Å²) in [6.45, 7) is 4.04. The van der Waals surface area contributed by atoms with Gasteiger partial charge in [0.25, 0.3) is 0 Å². The molecule has 2 heterocycles. The number of nitrogens with two attached hydrogens (primary N) is 1. The highest BCUT2D eigenvalue weighted by Crippen LogP contribution is 2.45. The third-order valence-corrected chi connectivity index (χ3v) is 7.39. The Morgan fingerprint density at radius 2 is 1.73 bits per heavy atom. The molecule has 8 nitrogen and oxygen atoms in total.